The van der Waals surface area contributed by atoms with E-state index in [1.54, 1.807) is 12.1 Å². The molecule has 2 aliphatic rings. The van der Waals surface area contributed by atoms with Crippen molar-refractivity contribution >= 4 is 27.3 Å². The van der Waals surface area contributed by atoms with E-state index in [0.29, 0.717) is 29.0 Å². The van der Waals surface area contributed by atoms with Crippen molar-refractivity contribution in [1.82, 2.24) is 4.31 Å². The summed E-state index contributed by atoms with van der Waals surface area (Å²) in [5.41, 5.74) is 7.38. The first kappa shape index (κ1) is 20.6. The Bertz CT molecular complexity index is 1270. The molecule has 160 valence electrons. The highest BCUT2D eigenvalue weighted by Crippen LogP contribution is 2.39. The maximum atomic E-state index is 13.2. The Morgan fingerprint density at radius 3 is 2.45 bits per heavy atom. The van der Waals surface area contributed by atoms with Crippen LogP contribution in [0.25, 0.3) is 11.1 Å². The Kier molecular flexibility index (Phi) is 5.08. The molecule has 31 heavy (non-hydrogen) atoms. The van der Waals surface area contributed by atoms with Crippen molar-refractivity contribution in [3.63, 3.8) is 0 Å². The van der Waals surface area contributed by atoms with E-state index in [0.717, 1.165) is 33.5 Å². The van der Waals surface area contributed by atoms with Crippen molar-refractivity contribution in [2.24, 2.45) is 0 Å². The molecule has 0 spiro atoms. The number of halogens is 1. The van der Waals surface area contributed by atoms with E-state index in [9.17, 15) is 8.42 Å². The Labute approximate surface area is 188 Å². The summed E-state index contributed by atoms with van der Waals surface area (Å²) >= 11 is 6.66. The van der Waals surface area contributed by atoms with Crippen molar-refractivity contribution in [1.29, 1.82) is 0 Å². The number of hydrogen-bond acceptors (Lipinski definition) is 3. The average molecular weight is 453 g/mol. The molecule has 1 aliphatic heterocycles. The molecule has 0 aromatic heterocycles. The SMILES string of the molecule is Cc1ccc(S(=O)(=O)N2Cc3cc(-c4cccc(NC5CC5)c4C)cc(Cl)c3C2)cc1. The Hall–Kier alpha value is -2.34. The monoisotopic (exact) mass is 452 g/mol. The molecule has 0 saturated heterocycles. The third-order valence-electron chi connectivity index (χ3n) is 6.21. The first-order chi connectivity index (χ1) is 14.8. The molecule has 0 unspecified atom stereocenters. The second-order valence-electron chi connectivity index (χ2n) is 8.58. The summed E-state index contributed by atoms with van der Waals surface area (Å²) in [5, 5.41) is 4.21. The zero-order valence-electron chi connectivity index (χ0n) is 17.7. The van der Waals surface area contributed by atoms with Gasteiger partial charge in [-0.15, -0.1) is 0 Å². The number of nitrogens with one attached hydrogen (secondary N) is 1. The molecule has 4 nitrogen and oxygen atoms in total. The van der Waals surface area contributed by atoms with E-state index in [4.69, 9.17) is 11.6 Å². The van der Waals surface area contributed by atoms with Gasteiger partial charge in [-0.05, 0) is 84.8 Å². The molecule has 0 atom stereocenters. The number of hydrogen-bond donors (Lipinski definition) is 1. The van der Waals surface area contributed by atoms with E-state index in [-0.39, 0.29) is 0 Å². The lowest BCUT2D eigenvalue weighted by Gasteiger charge is -2.15. The lowest BCUT2D eigenvalue weighted by Crippen LogP contribution is -2.25. The van der Waals surface area contributed by atoms with Crippen LogP contribution in [0.15, 0.2) is 59.5 Å². The van der Waals surface area contributed by atoms with Crippen molar-refractivity contribution in [3.05, 3.63) is 81.9 Å². The van der Waals surface area contributed by atoms with Crippen LogP contribution in [0.4, 0.5) is 5.69 Å². The van der Waals surface area contributed by atoms with E-state index in [1.807, 2.05) is 25.1 Å². The summed E-state index contributed by atoms with van der Waals surface area (Å²) < 4.78 is 27.8. The van der Waals surface area contributed by atoms with Crippen molar-refractivity contribution in [2.75, 3.05) is 5.32 Å². The fourth-order valence-corrected chi connectivity index (χ4v) is 5.86. The van der Waals surface area contributed by atoms with Gasteiger partial charge in [-0.25, -0.2) is 8.42 Å². The molecule has 1 aliphatic carbocycles. The first-order valence-corrected chi connectivity index (χ1v) is 12.4. The Morgan fingerprint density at radius 1 is 1.00 bits per heavy atom. The minimum Gasteiger partial charge on any atom is -0.382 e. The normalized spacial score (nSPS) is 16.4. The number of aryl methyl sites for hydroxylation is 1. The molecule has 5 rings (SSSR count). The van der Waals surface area contributed by atoms with E-state index in [1.165, 1.54) is 22.7 Å². The van der Waals surface area contributed by atoms with Gasteiger partial charge in [-0.3, -0.25) is 0 Å². The zero-order chi connectivity index (χ0) is 21.8. The second kappa shape index (κ2) is 7.66. The van der Waals surface area contributed by atoms with Crippen LogP contribution in [0.2, 0.25) is 5.02 Å². The highest BCUT2D eigenvalue weighted by atomic mass is 35.5. The van der Waals surface area contributed by atoms with Crippen LogP contribution < -0.4 is 5.32 Å². The van der Waals surface area contributed by atoms with Gasteiger partial charge in [0, 0.05) is 29.8 Å². The Morgan fingerprint density at radius 2 is 1.74 bits per heavy atom. The predicted molar refractivity (Wildman–Crippen MR) is 126 cm³/mol. The maximum Gasteiger partial charge on any atom is 0.243 e. The van der Waals surface area contributed by atoms with Gasteiger partial charge in [0.2, 0.25) is 10.0 Å². The topological polar surface area (TPSA) is 49.4 Å². The van der Waals surface area contributed by atoms with Crippen LogP contribution >= 0.6 is 11.6 Å². The highest BCUT2D eigenvalue weighted by Gasteiger charge is 2.32. The van der Waals surface area contributed by atoms with Gasteiger partial charge in [0.05, 0.1) is 4.90 Å². The molecule has 3 aromatic carbocycles. The molecule has 0 amide bonds. The summed E-state index contributed by atoms with van der Waals surface area (Å²) in [5.74, 6) is 0. The van der Waals surface area contributed by atoms with E-state index < -0.39 is 10.0 Å². The lowest BCUT2D eigenvalue weighted by molar-refractivity contribution is 0.431. The smallest absolute Gasteiger partial charge is 0.243 e. The predicted octanol–water partition coefficient (Wildman–Crippen LogP) is 5.90. The van der Waals surface area contributed by atoms with Crippen molar-refractivity contribution in [2.45, 2.75) is 50.7 Å². The van der Waals surface area contributed by atoms with Crippen LogP contribution in [0.5, 0.6) is 0 Å². The fraction of sp³-hybridized carbons (Fsp3) is 0.280. The number of anilines is 1. The van der Waals surface area contributed by atoms with Crippen LogP contribution in [0, 0.1) is 13.8 Å². The summed E-state index contributed by atoms with van der Waals surface area (Å²) in [7, 11) is -3.57. The first-order valence-electron chi connectivity index (χ1n) is 10.6. The second-order valence-corrected chi connectivity index (χ2v) is 10.9. The molecule has 0 bridgehead atoms. The molecular formula is C25H25ClN2O2S. The number of nitrogens with zero attached hydrogens (tertiary/aromatic N) is 1. The number of rotatable bonds is 5. The van der Waals surface area contributed by atoms with Gasteiger partial charge in [-0.1, -0.05) is 41.4 Å². The molecule has 6 heteroatoms. The summed E-state index contributed by atoms with van der Waals surface area (Å²) in [6, 6.07) is 17.9. The highest BCUT2D eigenvalue weighted by molar-refractivity contribution is 7.89. The van der Waals surface area contributed by atoms with Crippen LogP contribution in [-0.2, 0) is 23.1 Å². The molecule has 0 radical (unpaired) electrons. The summed E-state index contributed by atoms with van der Waals surface area (Å²) in [4.78, 5) is 0.317. The fourth-order valence-electron chi connectivity index (χ4n) is 4.17. The van der Waals surface area contributed by atoms with Gasteiger partial charge in [0.1, 0.15) is 0 Å². The number of benzene rings is 3. The molecule has 3 aromatic rings. The minimum absolute atomic E-state index is 0.299. The van der Waals surface area contributed by atoms with E-state index in [2.05, 4.69) is 36.5 Å². The van der Waals surface area contributed by atoms with Crippen molar-refractivity contribution in [3.8, 4) is 11.1 Å². The van der Waals surface area contributed by atoms with E-state index >= 15 is 0 Å². The third-order valence-corrected chi connectivity index (χ3v) is 8.35. The van der Waals surface area contributed by atoms with Gasteiger partial charge in [0.15, 0.2) is 0 Å². The van der Waals surface area contributed by atoms with Gasteiger partial charge in [-0.2, -0.15) is 4.31 Å². The largest absolute Gasteiger partial charge is 0.382 e. The molecule has 1 saturated carbocycles. The lowest BCUT2D eigenvalue weighted by atomic mass is 9.96. The molecule has 1 heterocycles. The third kappa shape index (κ3) is 3.86. The summed E-state index contributed by atoms with van der Waals surface area (Å²) in [6.07, 6.45) is 2.44. The zero-order valence-corrected chi connectivity index (χ0v) is 19.2. The average Bonchev–Trinajstić information content (AvgIpc) is 3.44. The van der Waals surface area contributed by atoms with Gasteiger partial charge >= 0.3 is 0 Å². The molecular weight excluding hydrogens is 428 g/mol. The van der Waals surface area contributed by atoms with Crippen LogP contribution in [0.3, 0.4) is 0 Å². The number of sulfonamides is 1. The maximum absolute atomic E-state index is 13.2. The quantitative estimate of drug-likeness (QED) is 0.524. The summed E-state index contributed by atoms with van der Waals surface area (Å²) in [6.45, 7) is 4.70. The standard InChI is InChI=1S/C25H25ClN2O2S/c1-16-6-10-21(11-7-16)31(29,30)28-14-19-12-18(13-24(26)23(19)15-28)22-4-3-5-25(17(22)2)27-20-8-9-20/h3-7,10-13,20,27H,8-9,14-15H2,1-2H3. The Balaban J connectivity index is 1.47. The molecule has 1 fully saturated rings. The van der Waals surface area contributed by atoms with Crippen LogP contribution in [-0.4, -0.2) is 18.8 Å². The van der Waals surface area contributed by atoms with Gasteiger partial charge in [0.25, 0.3) is 0 Å². The van der Waals surface area contributed by atoms with Crippen molar-refractivity contribution < 1.29 is 8.42 Å². The van der Waals surface area contributed by atoms with Crippen LogP contribution in [0.1, 0.15) is 35.1 Å². The minimum atomic E-state index is -3.57. The number of fused-ring (bicyclic) bond motifs is 1. The molecule has 1 N–H and O–H groups in total. The van der Waals surface area contributed by atoms with Gasteiger partial charge < -0.3 is 5.32 Å².